The van der Waals surface area contributed by atoms with Crippen LogP contribution in [0.15, 0.2) is 42.5 Å². The molecule has 6 rings (SSSR count). The number of rotatable bonds is 5. The Morgan fingerprint density at radius 1 is 0.933 bits per heavy atom. The summed E-state index contributed by atoms with van der Waals surface area (Å²) in [6, 6.07) is 14.7. The van der Waals surface area contributed by atoms with Crippen molar-refractivity contribution in [2.45, 2.75) is 70.8 Å². The predicted octanol–water partition coefficient (Wildman–Crippen LogP) is 6.18. The molecule has 0 aliphatic heterocycles. The van der Waals surface area contributed by atoms with Crippen LogP contribution in [0, 0.1) is 31.6 Å². The summed E-state index contributed by atoms with van der Waals surface area (Å²) in [5.41, 5.74) is 5.01. The van der Waals surface area contributed by atoms with Crippen LogP contribution in [-0.4, -0.2) is 12.0 Å². The van der Waals surface area contributed by atoms with Crippen LogP contribution in [0.3, 0.4) is 0 Å². The number of hydrogen-bond donors (Lipinski definition) is 1. The molecule has 3 heteroatoms. The van der Waals surface area contributed by atoms with E-state index in [2.05, 4.69) is 35.6 Å². The minimum atomic E-state index is -0.547. The van der Waals surface area contributed by atoms with Crippen molar-refractivity contribution in [1.82, 2.24) is 0 Å². The van der Waals surface area contributed by atoms with E-state index in [1.54, 1.807) is 6.92 Å². The van der Waals surface area contributed by atoms with Gasteiger partial charge in [-0.15, -0.1) is 0 Å². The highest BCUT2D eigenvalue weighted by Crippen LogP contribution is 2.60. The molecular weight excluding hydrogens is 370 g/mol. The number of carbonyl (C=O) groups excluding carboxylic acids is 1. The number of hydrogen-bond acceptors (Lipinski definition) is 2. The van der Waals surface area contributed by atoms with Gasteiger partial charge in [-0.25, -0.2) is 0 Å². The summed E-state index contributed by atoms with van der Waals surface area (Å²) in [5, 5.41) is 3.03. The molecule has 0 heterocycles. The van der Waals surface area contributed by atoms with Crippen LogP contribution in [0.1, 0.15) is 62.1 Å². The van der Waals surface area contributed by atoms with Crippen LogP contribution in [-0.2, 0) is 10.2 Å². The molecule has 0 radical (unpaired) electrons. The molecule has 4 saturated carbocycles. The average Bonchev–Trinajstić information content (AvgIpc) is 2.66. The minimum Gasteiger partial charge on any atom is -0.481 e. The zero-order valence-corrected chi connectivity index (χ0v) is 18.4. The normalized spacial score (nSPS) is 30.2. The third kappa shape index (κ3) is 3.75. The number of carbonyl (C=O) groups is 1. The largest absolute Gasteiger partial charge is 0.481 e. The van der Waals surface area contributed by atoms with Crippen LogP contribution in [0.4, 0.5) is 5.69 Å². The first-order chi connectivity index (χ1) is 14.4. The van der Waals surface area contributed by atoms with E-state index in [0.717, 1.165) is 40.3 Å². The van der Waals surface area contributed by atoms with Gasteiger partial charge in [0, 0.05) is 5.69 Å². The molecule has 4 aliphatic carbocycles. The van der Waals surface area contributed by atoms with E-state index in [4.69, 9.17) is 4.74 Å². The summed E-state index contributed by atoms with van der Waals surface area (Å²) < 4.78 is 5.89. The second kappa shape index (κ2) is 7.44. The summed E-state index contributed by atoms with van der Waals surface area (Å²) in [5.74, 6) is 3.46. The fourth-order valence-corrected chi connectivity index (χ4v) is 6.87. The molecule has 0 unspecified atom stereocenters. The molecule has 4 bridgehead atoms. The van der Waals surface area contributed by atoms with Crippen LogP contribution in [0.25, 0.3) is 0 Å². The van der Waals surface area contributed by atoms with Gasteiger partial charge in [0.05, 0.1) is 0 Å². The maximum Gasteiger partial charge on any atom is 0.265 e. The molecule has 2 aromatic carbocycles. The fourth-order valence-electron chi connectivity index (χ4n) is 6.87. The molecule has 0 aromatic heterocycles. The summed E-state index contributed by atoms with van der Waals surface area (Å²) >= 11 is 0. The molecule has 0 spiro atoms. The van der Waals surface area contributed by atoms with Crippen molar-refractivity contribution in [3.8, 4) is 5.75 Å². The van der Waals surface area contributed by atoms with E-state index in [-0.39, 0.29) is 5.91 Å². The molecule has 158 valence electrons. The van der Waals surface area contributed by atoms with Crippen molar-refractivity contribution in [1.29, 1.82) is 0 Å². The minimum absolute atomic E-state index is 0.114. The number of amides is 1. The van der Waals surface area contributed by atoms with Crippen LogP contribution >= 0.6 is 0 Å². The lowest BCUT2D eigenvalue weighted by Crippen LogP contribution is -2.48. The molecule has 3 nitrogen and oxygen atoms in total. The lowest BCUT2D eigenvalue weighted by atomic mass is 9.48. The van der Waals surface area contributed by atoms with Crippen molar-refractivity contribution in [2.75, 3.05) is 5.32 Å². The molecule has 1 atom stereocenters. The van der Waals surface area contributed by atoms with E-state index in [9.17, 15) is 4.79 Å². The van der Waals surface area contributed by atoms with Crippen molar-refractivity contribution in [3.63, 3.8) is 0 Å². The molecule has 2 aromatic rings. The molecule has 1 amide bonds. The predicted molar refractivity (Wildman–Crippen MR) is 121 cm³/mol. The van der Waals surface area contributed by atoms with Gasteiger partial charge in [-0.1, -0.05) is 18.2 Å². The maximum atomic E-state index is 12.7. The van der Waals surface area contributed by atoms with Gasteiger partial charge in [-0.05, 0) is 123 Å². The Balaban J connectivity index is 1.24. The van der Waals surface area contributed by atoms with E-state index < -0.39 is 6.10 Å². The Labute approximate surface area is 180 Å². The van der Waals surface area contributed by atoms with E-state index in [0.29, 0.717) is 5.41 Å². The highest BCUT2D eigenvalue weighted by molar-refractivity contribution is 5.94. The van der Waals surface area contributed by atoms with Crippen molar-refractivity contribution >= 4 is 11.6 Å². The first kappa shape index (κ1) is 19.7. The lowest BCUT2D eigenvalue weighted by Gasteiger charge is -2.57. The first-order valence-corrected chi connectivity index (χ1v) is 11.5. The van der Waals surface area contributed by atoms with Gasteiger partial charge in [-0.2, -0.15) is 0 Å². The lowest BCUT2D eigenvalue weighted by molar-refractivity contribution is -0.122. The summed E-state index contributed by atoms with van der Waals surface area (Å²) in [6.07, 6.45) is 7.94. The van der Waals surface area contributed by atoms with Gasteiger partial charge in [0.2, 0.25) is 0 Å². The molecular formula is C27H33NO2. The van der Waals surface area contributed by atoms with Gasteiger partial charge >= 0.3 is 0 Å². The monoisotopic (exact) mass is 403 g/mol. The molecule has 0 saturated heterocycles. The Bertz CT molecular complexity index is 890. The van der Waals surface area contributed by atoms with Crippen molar-refractivity contribution in [2.24, 2.45) is 17.8 Å². The molecule has 30 heavy (non-hydrogen) atoms. The summed E-state index contributed by atoms with van der Waals surface area (Å²) in [4.78, 5) is 12.7. The van der Waals surface area contributed by atoms with Gasteiger partial charge < -0.3 is 10.1 Å². The van der Waals surface area contributed by atoms with Crippen molar-refractivity contribution in [3.05, 3.63) is 59.2 Å². The standard InChI is InChI=1S/C27H33NO2/c1-17-8-18(2)10-25(9-17)30-19(3)26(29)28-24-6-4-23(5-7-24)27-14-20-11-21(15-27)13-22(12-20)16-27/h4-10,19-22H,11-16H2,1-3H3,(H,28,29)/t19-,20?,21?,22?,27?/m1/s1. The number of ether oxygens (including phenoxy) is 1. The topological polar surface area (TPSA) is 38.3 Å². The third-order valence-corrected chi connectivity index (χ3v) is 7.68. The van der Waals surface area contributed by atoms with Crippen LogP contribution < -0.4 is 10.1 Å². The average molecular weight is 404 g/mol. The zero-order chi connectivity index (χ0) is 20.9. The third-order valence-electron chi connectivity index (χ3n) is 7.68. The summed E-state index contributed by atoms with van der Waals surface area (Å²) in [6.45, 7) is 5.88. The maximum absolute atomic E-state index is 12.7. The molecule has 4 aliphatic rings. The zero-order valence-electron chi connectivity index (χ0n) is 18.4. The van der Waals surface area contributed by atoms with E-state index in [1.165, 1.54) is 44.1 Å². The second-order valence-corrected chi connectivity index (χ2v) is 10.3. The van der Waals surface area contributed by atoms with Gasteiger partial charge in [0.25, 0.3) is 5.91 Å². The second-order valence-electron chi connectivity index (χ2n) is 10.3. The number of nitrogens with one attached hydrogen (secondary N) is 1. The van der Waals surface area contributed by atoms with Gasteiger partial charge in [0.1, 0.15) is 5.75 Å². The first-order valence-electron chi connectivity index (χ1n) is 11.5. The Morgan fingerprint density at radius 3 is 2.00 bits per heavy atom. The Kier molecular flexibility index (Phi) is 4.88. The SMILES string of the molecule is Cc1cc(C)cc(O[C@H](C)C(=O)Nc2ccc(C34CC5CC(CC(C5)C3)C4)cc2)c1. The Hall–Kier alpha value is -2.29. The smallest absolute Gasteiger partial charge is 0.265 e. The number of aryl methyl sites for hydroxylation is 2. The van der Waals surface area contributed by atoms with Crippen molar-refractivity contribution < 1.29 is 9.53 Å². The van der Waals surface area contributed by atoms with Crippen LogP contribution in [0.2, 0.25) is 0 Å². The quantitative estimate of drug-likeness (QED) is 0.647. The van der Waals surface area contributed by atoms with E-state index >= 15 is 0 Å². The highest BCUT2D eigenvalue weighted by Gasteiger charge is 2.51. The number of benzene rings is 2. The molecule has 1 N–H and O–H groups in total. The Morgan fingerprint density at radius 2 is 1.47 bits per heavy atom. The van der Waals surface area contributed by atoms with E-state index in [1.807, 2.05) is 26.0 Å². The fraction of sp³-hybridized carbons (Fsp3) is 0.519. The van der Waals surface area contributed by atoms with Gasteiger partial charge in [0.15, 0.2) is 6.10 Å². The number of anilines is 1. The summed E-state index contributed by atoms with van der Waals surface area (Å²) in [7, 11) is 0. The molecule has 4 fully saturated rings. The van der Waals surface area contributed by atoms with Gasteiger partial charge in [-0.3, -0.25) is 4.79 Å². The highest BCUT2D eigenvalue weighted by atomic mass is 16.5. The van der Waals surface area contributed by atoms with Crippen LogP contribution in [0.5, 0.6) is 5.75 Å².